The average molecular weight is 364 g/mol. The van der Waals surface area contributed by atoms with Crippen molar-refractivity contribution in [3.8, 4) is 5.75 Å². The number of ether oxygens (including phenoxy) is 1. The van der Waals surface area contributed by atoms with E-state index in [0.29, 0.717) is 17.2 Å². The molecule has 0 saturated carbocycles. The number of hydrogen-bond donors (Lipinski definition) is 2. The minimum absolute atomic E-state index is 0.136. The molecule has 0 bridgehead atoms. The highest BCUT2D eigenvalue weighted by atomic mass is 16.5. The zero-order chi connectivity index (χ0) is 19.2. The summed E-state index contributed by atoms with van der Waals surface area (Å²) in [7, 11) is 1.63. The number of benzene rings is 2. The maximum Gasteiger partial charge on any atom is 0.292 e. The number of hydrogen-bond acceptors (Lipinski definition) is 5. The summed E-state index contributed by atoms with van der Waals surface area (Å²) in [5, 5.41) is 11.3. The van der Waals surface area contributed by atoms with Crippen LogP contribution in [0.25, 0.3) is 10.8 Å². The van der Waals surface area contributed by atoms with Crippen LogP contribution in [0.2, 0.25) is 0 Å². The first-order chi connectivity index (χ1) is 13.1. The second-order valence-electron chi connectivity index (χ2n) is 6.08. The number of hydrazone groups is 1. The highest BCUT2D eigenvalue weighted by Crippen LogP contribution is 2.13. The van der Waals surface area contributed by atoms with Crippen LogP contribution in [0.15, 0.2) is 58.4 Å². The van der Waals surface area contributed by atoms with Gasteiger partial charge in [0.1, 0.15) is 5.75 Å². The van der Waals surface area contributed by atoms with Gasteiger partial charge in [-0.15, -0.1) is 0 Å². The van der Waals surface area contributed by atoms with Crippen LogP contribution >= 0.6 is 0 Å². The third-order valence-corrected chi connectivity index (χ3v) is 4.19. The summed E-state index contributed by atoms with van der Waals surface area (Å²) in [6.45, 7) is 1.85. The van der Waals surface area contributed by atoms with Gasteiger partial charge in [-0.05, 0) is 43.5 Å². The number of carbonyl (C=O) groups excluding carboxylic acids is 1. The lowest BCUT2D eigenvalue weighted by atomic mass is 10.1. The highest BCUT2D eigenvalue weighted by molar-refractivity contribution is 6.05. The monoisotopic (exact) mass is 364 g/mol. The molecular weight excluding hydrogens is 344 g/mol. The predicted octanol–water partition coefficient (Wildman–Crippen LogP) is 2.67. The van der Waals surface area contributed by atoms with Gasteiger partial charge in [-0.2, -0.15) is 10.2 Å². The summed E-state index contributed by atoms with van der Waals surface area (Å²) >= 11 is 0. The number of nitrogens with one attached hydrogen (secondary N) is 2. The Balaban J connectivity index is 1.65. The van der Waals surface area contributed by atoms with E-state index in [0.717, 1.165) is 23.4 Å². The predicted molar refractivity (Wildman–Crippen MR) is 104 cm³/mol. The molecular formula is C20H20N4O3. The van der Waals surface area contributed by atoms with Crippen LogP contribution < -0.4 is 15.7 Å². The third-order valence-electron chi connectivity index (χ3n) is 4.19. The number of carbonyl (C=O) groups is 1. The summed E-state index contributed by atoms with van der Waals surface area (Å²) < 4.78 is 5.14. The van der Waals surface area contributed by atoms with Crippen molar-refractivity contribution in [1.82, 2.24) is 15.6 Å². The molecule has 0 spiro atoms. The van der Waals surface area contributed by atoms with Crippen molar-refractivity contribution in [3.05, 3.63) is 70.1 Å². The Morgan fingerprint density at radius 1 is 1.15 bits per heavy atom. The van der Waals surface area contributed by atoms with E-state index in [-0.39, 0.29) is 11.3 Å². The lowest BCUT2D eigenvalue weighted by Gasteiger charge is -2.05. The molecule has 0 saturated heterocycles. The number of nitrogens with zero attached hydrogens (tertiary/aromatic N) is 2. The van der Waals surface area contributed by atoms with Gasteiger partial charge in [0, 0.05) is 11.1 Å². The van der Waals surface area contributed by atoms with Gasteiger partial charge >= 0.3 is 0 Å². The van der Waals surface area contributed by atoms with Gasteiger partial charge in [0.2, 0.25) is 0 Å². The van der Waals surface area contributed by atoms with E-state index < -0.39 is 5.91 Å². The molecule has 7 heteroatoms. The van der Waals surface area contributed by atoms with Crippen molar-refractivity contribution in [2.45, 2.75) is 19.8 Å². The van der Waals surface area contributed by atoms with E-state index in [9.17, 15) is 9.59 Å². The van der Waals surface area contributed by atoms with Gasteiger partial charge in [-0.25, -0.2) is 10.5 Å². The molecule has 0 fully saturated rings. The van der Waals surface area contributed by atoms with Gasteiger partial charge < -0.3 is 4.74 Å². The van der Waals surface area contributed by atoms with Crippen LogP contribution in [0.4, 0.5) is 0 Å². The van der Waals surface area contributed by atoms with Crippen LogP contribution in [0.1, 0.15) is 29.4 Å². The molecule has 138 valence electrons. The zero-order valence-corrected chi connectivity index (χ0v) is 15.2. The Morgan fingerprint density at radius 3 is 2.56 bits per heavy atom. The Labute approximate surface area is 156 Å². The van der Waals surface area contributed by atoms with Crippen LogP contribution in [-0.4, -0.2) is 28.9 Å². The Morgan fingerprint density at radius 2 is 1.85 bits per heavy atom. The van der Waals surface area contributed by atoms with Gasteiger partial charge in [-0.1, -0.05) is 30.3 Å². The summed E-state index contributed by atoms with van der Waals surface area (Å²) in [5.41, 5.74) is 4.26. The molecule has 27 heavy (non-hydrogen) atoms. The van der Waals surface area contributed by atoms with Crippen molar-refractivity contribution < 1.29 is 9.53 Å². The number of aryl methyl sites for hydroxylation is 1. The minimum Gasteiger partial charge on any atom is -0.497 e. The molecule has 2 N–H and O–H groups in total. The van der Waals surface area contributed by atoms with Gasteiger partial charge in [0.05, 0.1) is 12.5 Å². The van der Waals surface area contributed by atoms with Crippen LogP contribution in [-0.2, 0) is 6.42 Å². The number of methoxy groups -OCH3 is 1. The van der Waals surface area contributed by atoms with Crippen LogP contribution in [0.3, 0.4) is 0 Å². The summed E-state index contributed by atoms with van der Waals surface area (Å²) in [5.74, 6) is 0.350. The second kappa shape index (κ2) is 8.27. The molecule has 0 aliphatic carbocycles. The van der Waals surface area contributed by atoms with E-state index in [1.165, 1.54) is 0 Å². The van der Waals surface area contributed by atoms with E-state index in [1.54, 1.807) is 31.4 Å². The molecule has 1 amide bonds. The molecule has 2 aromatic carbocycles. The number of aromatic nitrogens is 2. The number of fused-ring (bicyclic) bond motifs is 1. The molecule has 3 aromatic rings. The maximum absolute atomic E-state index is 12.4. The van der Waals surface area contributed by atoms with Crippen molar-refractivity contribution in [2.24, 2.45) is 5.10 Å². The molecule has 7 nitrogen and oxygen atoms in total. The first-order valence-electron chi connectivity index (χ1n) is 8.52. The van der Waals surface area contributed by atoms with E-state index in [4.69, 9.17) is 4.74 Å². The molecule has 3 rings (SSSR count). The SMILES string of the molecule is COc1ccc(CC/C(C)=N\NC(=O)c2n[nH]c(=O)c3ccccc23)cc1. The third kappa shape index (κ3) is 4.38. The summed E-state index contributed by atoms with van der Waals surface area (Å²) in [6.07, 6.45) is 1.50. The van der Waals surface area contributed by atoms with E-state index in [2.05, 4.69) is 20.7 Å². The van der Waals surface area contributed by atoms with Crippen LogP contribution in [0.5, 0.6) is 5.75 Å². The fourth-order valence-corrected chi connectivity index (χ4v) is 2.66. The first-order valence-corrected chi connectivity index (χ1v) is 8.52. The first kappa shape index (κ1) is 18.3. The van der Waals surface area contributed by atoms with Gasteiger partial charge in [0.25, 0.3) is 11.5 Å². The number of H-pyrrole nitrogens is 1. The number of amides is 1. The number of rotatable bonds is 6. The maximum atomic E-state index is 12.4. The molecule has 0 atom stereocenters. The fourth-order valence-electron chi connectivity index (χ4n) is 2.66. The lowest BCUT2D eigenvalue weighted by Crippen LogP contribution is -2.23. The highest BCUT2D eigenvalue weighted by Gasteiger charge is 2.13. The molecule has 0 unspecified atom stereocenters. The van der Waals surface area contributed by atoms with Crippen molar-refractivity contribution in [1.29, 1.82) is 0 Å². The van der Waals surface area contributed by atoms with E-state index >= 15 is 0 Å². The summed E-state index contributed by atoms with van der Waals surface area (Å²) in [4.78, 5) is 24.2. The van der Waals surface area contributed by atoms with E-state index in [1.807, 2.05) is 31.2 Å². The molecule has 0 aliphatic heterocycles. The van der Waals surface area contributed by atoms with Crippen molar-refractivity contribution in [2.75, 3.05) is 7.11 Å². The smallest absolute Gasteiger partial charge is 0.292 e. The number of aromatic amines is 1. The average Bonchev–Trinajstić information content (AvgIpc) is 2.71. The van der Waals surface area contributed by atoms with Gasteiger partial charge in [-0.3, -0.25) is 9.59 Å². The Hall–Kier alpha value is -3.48. The normalized spacial score (nSPS) is 11.4. The summed E-state index contributed by atoms with van der Waals surface area (Å²) in [6, 6.07) is 14.7. The second-order valence-corrected chi connectivity index (χ2v) is 6.08. The minimum atomic E-state index is -0.466. The standard InChI is InChI=1S/C20H20N4O3/c1-13(7-8-14-9-11-15(27-2)12-10-14)21-24-20(26)18-16-5-3-4-6-17(16)19(25)23-22-18/h3-6,9-12H,7-8H2,1-2H3,(H,23,25)(H,24,26)/b21-13-. The lowest BCUT2D eigenvalue weighted by molar-refractivity contribution is 0.0950. The van der Waals surface area contributed by atoms with Crippen molar-refractivity contribution >= 4 is 22.4 Å². The quantitative estimate of drug-likeness (QED) is 0.519. The van der Waals surface area contributed by atoms with Gasteiger partial charge in [0.15, 0.2) is 5.69 Å². The Kier molecular flexibility index (Phi) is 5.61. The van der Waals surface area contributed by atoms with Crippen molar-refractivity contribution in [3.63, 3.8) is 0 Å². The van der Waals surface area contributed by atoms with Crippen LogP contribution in [0, 0.1) is 0 Å². The zero-order valence-electron chi connectivity index (χ0n) is 15.2. The topological polar surface area (TPSA) is 96.4 Å². The molecule has 1 heterocycles. The molecule has 1 aromatic heterocycles. The molecule has 0 radical (unpaired) electrons. The Bertz CT molecular complexity index is 1040. The fraction of sp³-hybridized carbons (Fsp3) is 0.200. The largest absolute Gasteiger partial charge is 0.497 e. The molecule has 0 aliphatic rings.